The third-order valence-corrected chi connectivity index (χ3v) is 3.48. The number of hydrogen-bond acceptors (Lipinski definition) is 4. The lowest BCUT2D eigenvalue weighted by atomic mass is 10.0. The van der Waals surface area contributed by atoms with Gasteiger partial charge in [-0.25, -0.2) is 9.78 Å². The van der Waals surface area contributed by atoms with E-state index in [1.165, 1.54) is 0 Å². The molecule has 1 heterocycles. The zero-order chi connectivity index (χ0) is 13.3. The van der Waals surface area contributed by atoms with Crippen LogP contribution in [0, 0.1) is 13.8 Å². The summed E-state index contributed by atoms with van der Waals surface area (Å²) in [6, 6.07) is 3.90. The molecule has 5 heteroatoms. The summed E-state index contributed by atoms with van der Waals surface area (Å²) in [5.74, 6) is -0.138. The average Bonchev–Trinajstić information content (AvgIpc) is 2.77. The molecule has 0 fully saturated rings. The number of ether oxygens (including phenoxy) is 1. The highest BCUT2D eigenvalue weighted by atomic mass is 32.1. The molecule has 0 bridgehead atoms. The van der Waals surface area contributed by atoms with Crippen LogP contribution >= 0.6 is 11.3 Å². The number of carboxylic acids is 1. The van der Waals surface area contributed by atoms with E-state index in [2.05, 4.69) is 4.98 Å². The molecule has 2 aromatic rings. The van der Waals surface area contributed by atoms with Gasteiger partial charge in [-0.3, -0.25) is 0 Å². The second-order valence-electron chi connectivity index (χ2n) is 3.99. The molecule has 1 aromatic heterocycles. The van der Waals surface area contributed by atoms with Crippen molar-refractivity contribution in [1.29, 1.82) is 0 Å². The second kappa shape index (κ2) is 4.78. The lowest BCUT2D eigenvalue weighted by molar-refractivity contribution is 0.0696. The Morgan fingerprint density at radius 1 is 1.33 bits per heavy atom. The molecular formula is C13H13NO3S. The number of methoxy groups -OCH3 is 1. The summed E-state index contributed by atoms with van der Waals surface area (Å²) in [7, 11) is 1.64. The summed E-state index contributed by atoms with van der Waals surface area (Å²) in [5.41, 5.74) is 3.62. The first-order chi connectivity index (χ1) is 8.52. The number of aryl methyl sites for hydroxylation is 2. The van der Waals surface area contributed by atoms with Gasteiger partial charge >= 0.3 is 5.97 Å². The molecule has 0 unspecified atom stereocenters. The summed E-state index contributed by atoms with van der Waals surface area (Å²) in [6.07, 6.45) is 0. The molecule has 0 radical (unpaired) electrons. The highest BCUT2D eigenvalue weighted by Crippen LogP contribution is 2.30. The van der Waals surface area contributed by atoms with E-state index >= 15 is 0 Å². The minimum absolute atomic E-state index is 0.108. The summed E-state index contributed by atoms with van der Waals surface area (Å²) in [4.78, 5) is 14.9. The predicted octanol–water partition coefficient (Wildman–Crippen LogP) is 3.13. The van der Waals surface area contributed by atoms with Crippen LogP contribution in [0.25, 0.3) is 11.3 Å². The third kappa shape index (κ3) is 2.22. The van der Waals surface area contributed by atoms with Gasteiger partial charge in [0.2, 0.25) is 5.01 Å². The van der Waals surface area contributed by atoms with Gasteiger partial charge in [-0.15, -0.1) is 11.3 Å². The predicted molar refractivity (Wildman–Crippen MR) is 70.5 cm³/mol. The molecule has 18 heavy (non-hydrogen) atoms. The highest BCUT2D eigenvalue weighted by molar-refractivity contribution is 7.11. The van der Waals surface area contributed by atoms with Gasteiger partial charge in [0.15, 0.2) is 0 Å². The molecule has 0 aliphatic rings. The van der Waals surface area contributed by atoms with Crippen molar-refractivity contribution in [1.82, 2.24) is 4.98 Å². The van der Waals surface area contributed by atoms with Crippen LogP contribution in [0.15, 0.2) is 17.5 Å². The van der Waals surface area contributed by atoms with Crippen molar-refractivity contribution in [2.75, 3.05) is 7.11 Å². The van der Waals surface area contributed by atoms with Crippen LogP contribution in [0.2, 0.25) is 0 Å². The van der Waals surface area contributed by atoms with Crippen molar-refractivity contribution in [2.24, 2.45) is 0 Å². The van der Waals surface area contributed by atoms with Crippen LogP contribution in [0.3, 0.4) is 0 Å². The maximum Gasteiger partial charge on any atom is 0.365 e. The van der Waals surface area contributed by atoms with E-state index in [4.69, 9.17) is 9.84 Å². The lowest BCUT2D eigenvalue weighted by Gasteiger charge is -2.10. The van der Waals surface area contributed by atoms with Crippen molar-refractivity contribution in [3.63, 3.8) is 0 Å². The Morgan fingerprint density at radius 3 is 2.39 bits per heavy atom. The Kier molecular flexibility index (Phi) is 3.34. The fourth-order valence-corrected chi connectivity index (χ4v) is 2.59. The van der Waals surface area contributed by atoms with E-state index in [0.717, 1.165) is 33.8 Å². The number of benzene rings is 1. The Balaban J connectivity index is 2.47. The van der Waals surface area contributed by atoms with Gasteiger partial charge in [0, 0.05) is 10.9 Å². The van der Waals surface area contributed by atoms with E-state index < -0.39 is 5.97 Å². The van der Waals surface area contributed by atoms with Crippen LogP contribution in [0.1, 0.15) is 20.9 Å². The second-order valence-corrected chi connectivity index (χ2v) is 4.84. The molecule has 0 aliphatic heterocycles. The quantitative estimate of drug-likeness (QED) is 0.924. The molecule has 0 saturated heterocycles. The molecule has 0 atom stereocenters. The van der Waals surface area contributed by atoms with Gasteiger partial charge in [0.05, 0.1) is 12.8 Å². The van der Waals surface area contributed by atoms with Crippen molar-refractivity contribution in [2.45, 2.75) is 13.8 Å². The average molecular weight is 263 g/mol. The van der Waals surface area contributed by atoms with Crippen LogP contribution in [-0.4, -0.2) is 23.2 Å². The molecule has 0 aliphatic carbocycles. The number of carboxylic acid groups (broad SMARTS) is 1. The molecule has 94 valence electrons. The number of thiazole rings is 1. The normalized spacial score (nSPS) is 10.4. The molecule has 0 saturated carbocycles. The van der Waals surface area contributed by atoms with Crippen molar-refractivity contribution >= 4 is 17.3 Å². The monoisotopic (exact) mass is 263 g/mol. The fourth-order valence-electron chi connectivity index (χ4n) is 1.92. The van der Waals surface area contributed by atoms with Crippen LogP contribution in [0.4, 0.5) is 0 Å². The van der Waals surface area contributed by atoms with Gasteiger partial charge in [0.1, 0.15) is 5.75 Å². The summed E-state index contributed by atoms with van der Waals surface area (Å²) < 4.78 is 5.30. The maximum absolute atomic E-state index is 10.8. The minimum Gasteiger partial charge on any atom is -0.496 e. The SMILES string of the molecule is COc1c(C)cc(-c2csc(C(=O)O)n2)cc1C. The van der Waals surface area contributed by atoms with Crippen molar-refractivity contribution < 1.29 is 14.6 Å². The largest absolute Gasteiger partial charge is 0.496 e. The standard InChI is InChI=1S/C13H13NO3S/c1-7-4-9(5-8(2)11(7)17-3)10-6-18-12(14-10)13(15)16/h4-6H,1-3H3,(H,15,16). The summed E-state index contributed by atoms with van der Waals surface area (Å²) in [5, 5.41) is 10.7. The van der Waals surface area contributed by atoms with Gasteiger partial charge in [0.25, 0.3) is 0 Å². The number of nitrogens with zero attached hydrogens (tertiary/aromatic N) is 1. The van der Waals surface area contributed by atoms with Gasteiger partial charge in [-0.2, -0.15) is 0 Å². The number of rotatable bonds is 3. The first-order valence-electron chi connectivity index (χ1n) is 5.37. The van der Waals surface area contributed by atoms with E-state index in [-0.39, 0.29) is 5.01 Å². The van der Waals surface area contributed by atoms with Crippen molar-refractivity contribution in [3.05, 3.63) is 33.6 Å². The molecule has 1 N–H and O–H groups in total. The van der Waals surface area contributed by atoms with E-state index in [9.17, 15) is 4.79 Å². The van der Waals surface area contributed by atoms with E-state index in [0.29, 0.717) is 5.69 Å². The third-order valence-electron chi connectivity index (χ3n) is 2.65. The maximum atomic E-state index is 10.8. The molecule has 0 amide bonds. The summed E-state index contributed by atoms with van der Waals surface area (Å²) in [6.45, 7) is 3.92. The number of aromatic nitrogens is 1. The topological polar surface area (TPSA) is 59.4 Å². The van der Waals surface area contributed by atoms with Crippen LogP contribution < -0.4 is 4.74 Å². The van der Waals surface area contributed by atoms with Crippen LogP contribution in [-0.2, 0) is 0 Å². The van der Waals surface area contributed by atoms with E-state index in [1.807, 2.05) is 26.0 Å². The van der Waals surface area contributed by atoms with Gasteiger partial charge < -0.3 is 9.84 Å². The van der Waals surface area contributed by atoms with Crippen LogP contribution in [0.5, 0.6) is 5.75 Å². The highest BCUT2D eigenvalue weighted by Gasteiger charge is 2.12. The zero-order valence-electron chi connectivity index (χ0n) is 10.4. The molecular weight excluding hydrogens is 250 g/mol. The Bertz CT molecular complexity index is 581. The number of aromatic carboxylic acids is 1. The Labute approximate surface area is 109 Å². The zero-order valence-corrected chi connectivity index (χ0v) is 11.2. The Morgan fingerprint density at radius 2 is 1.94 bits per heavy atom. The first kappa shape index (κ1) is 12.6. The first-order valence-corrected chi connectivity index (χ1v) is 6.25. The number of hydrogen-bond donors (Lipinski definition) is 1. The van der Waals surface area contributed by atoms with Gasteiger partial charge in [-0.1, -0.05) is 0 Å². The fraction of sp³-hybridized carbons (Fsp3) is 0.231. The summed E-state index contributed by atoms with van der Waals surface area (Å²) >= 11 is 1.13. The Hall–Kier alpha value is -1.88. The van der Waals surface area contributed by atoms with Gasteiger partial charge in [-0.05, 0) is 37.1 Å². The van der Waals surface area contributed by atoms with E-state index in [1.54, 1.807) is 12.5 Å². The van der Waals surface area contributed by atoms with Crippen molar-refractivity contribution in [3.8, 4) is 17.0 Å². The minimum atomic E-state index is -0.992. The smallest absolute Gasteiger partial charge is 0.365 e. The number of carbonyl (C=O) groups is 1. The molecule has 2 rings (SSSR count). The molecule has 1 aromatic carbocycles. The lowest BCUT2D eigenvalue weighted by Crippen LogP contribution is -1.95. The molecule has 0 spiro atoms. The molecule has 4 nitrogen and oxygen atoms in total.